The van der Waals surface area contributed by atoms with Crippen LogP contribution in [0.1, 0.15) is 24.8 Å². The van der Waals surface area contributed by atoms with Crippen LogP contribution in [0.2, 0.25) is 5.54 Å². The van der Waals surface area contributed by atoms with Crippen molar-refractivity contribution in [1.29, 1.82) is 0 Å². The fourth-order valence-corrected chi connectivity index (χ4v) is 6.56. The maximum atomic E-state index is 12.6. The summed E-state index contributed by atoms with van der Waals surface area (Å²) < 4.78 is 29.0. The highest BCUT2D eigenvalue weighted by Gasteiger charge is 2.26. The number of ether oxygens (including phenoxy) is 1. The SMILES string of the molecule is O=C(Nc1nnc(N[C@@H]2CCN(c3cccnn3)C2)s1)[Si]C1CCN(Cc2ccc(OC(F)F)cc2)CC1. The van der Waals surface area contributed by atoms with Gasteiger partial charge in [0.25, 0.3) is 0 Å². The maximum Gasteiger partial charge on any atom is 0.387 e. The molecule has 1 aromatic carbocycles. The van der Waals surface area contributed by atoms with Crippen molar-refractivity contribution in [2.24, 2.45) is 0 Å². The molecule has 2 aromatic heterocycles. The predicted molar refractivity (Wildman–Crippen MR) is 142 cm³/mol. The van der Waals surface area contributed by atoms with Crippen LogP contribution in [-0.4, -0.2) is 79.2 Å². The molecule has 2 radical (unpaired) electrons. The van der Waals surface area contributed by atoms with Crippen LogP contribution in [0.4, 0.5) is 29.7 Å². The molecule has 2 aliphatic heterocycles. The Hall–Kier alpha value is -3.23. The zero-order valence-electron chi connectivity index (χ0n) is 20.6. The minimum atomic E-state index is -2.82. The second-order valence-corrected chi connectivity index (χ2v) is 11.8. The molecule has 1 atom stereocenters. The van der Waals surface area contributed by atoms with E-state index in [1.54, 1.807) is 18.3 Å². The van der Waals surface area contributed by atoms with Crippen LogP contribution in [0, 0.1) is 0 Å². The lowest BCUT2D eigenvalue weighted by Gasteiger charge is -2.31. The summed E-state index contributed by atoms with van der Waals surface area (Å²) in [5.41, 5.74) is 1.37. The number of nitrogens with one attached hydrogen (secondary N) is 2. The van der Waals surface area contributed by atoms with Gasteiger partial charge in [-0.2, -0.15) is 13.9 Å². The molecule has 2 N–H and O–H groups in total. The number of anilines is 3. The summed E-state index contributed by atoms with van der Waals surface area (Å²) >= 11 is 1.35. The fraction of sp³-hybridized carbons (Fsp3) is 0.458. The Bertz CT molecular complexity index is 1180. The van der Waals surface area contributed by atoms with Gasteiger partial charge in [-0.15, -0.1) is 15.3 Å². The Morgan fingerprint density at radius 2 is 1.87 bits per heavy atom. The highest BCUT2D eigenvalue weighted by molar-refractivity contribution is 7.19. The minimum Gasteiger partial charge on any atom is -0.435 e. The molecular formula is C24H28F2N8O2SSi. The number of halogens is 2. The van der Waals surface area contributed by atoms with E-state index < -0.39 is 6.61 Å². The zero-order valence-corrected chi connectivity index (χ0v) is 22.4. The lowest BCUT2D eigenvalue weighted by atomic mass is 10.1. The first kappa shape index (κ1) is 26.4. The second kappa shape index (κ2) is 12.5. The standard InChI is InChI=1S/C24H28F2N8O2SSi/c25-21(26)36-18-5-3-16(4-6-18)14-33-11-8-19(9-12-33)38-24(35)29-23-32-31-22(37-23)28-17-7-13-34(15-17)20-2-1-10-27-30-20/h1-6,10,17,19,21H,7-9,11-15H2,(H,28,31)(H,29,32,35)/t17-/m1/s1. The van der Waals surface area contributed by atoms with Crippen LogP contribution in [0.15, 0.2) is 42.6 Å². The normalized spacial score (nSPS) is 18.6. The van der Waals surface area contributed by atoms with Gasteiger partial charge in [0.2, 0.25) is 10.3 Å². The number of aromatic nitrogens is 4. The molecule has 0 spiro atoms. The number of alkyl halides is 2. The van der Waals surface area contributed by atoms with Crippen molar-refractivity contribution in [3.8, 4) is 5.75 Å². The summed E-state index contributed by atoms with van der Waals surface area (Å²) in [5.74, 6) is 1.03. The molecule has 0 unspecified atom stereocenters. The number of piperidine rings is 1. The number of amides is 1. The smallest absolute Gasteiger partial charge is 0.387 e. The van der Waals surface area contributed by atoms with Gasteiger partial charge in [-0.1, -0.05) is 23.5 Å². The van der Waals surface area contributed by atoms with E-state index in [2.05, 4.69) is 45.6 Å². The van der Waals surface area contributed by atoms with E-state index in [-0.39, 0.29) is 26.8 Å². The van der Waals surface area contributed by atoms with Gasteiger partial charge in [0.05, 0.1) is 0 Å². The third-order valence-corrected chi connectivity index (χ3v) is 8.66. The Kier molecular flexibility index (Phi) is 8.71. The van der Waals surface area contributed by atoms with Crippen molar-refractivity contribution in [2.75, 3.05) is 41.7 Å². The van der Waals surface area contributed by atoms with E-state index in [0.717, 1.165) is 63.4 Å². The van der Waals surface area contributed by atoms with E-state index in [1.807, 2.05) is 24.3 Å². The minimum absolute atomic E-state index is 0.0181. The number of carbonyl (C=O) groups excluding carboxylic acids is 1. The van der Waals surface area contributed by atoms with Gasteiger partial charge in [-0.05, 0) is 67.7 Å². The van der Waals surface area contributed by atoms with Crippen molar-refractivity contribution in [1.82, 2.24) is 25.3 Å². The van der Waals surface area contributed by atoms with Crippen molar-refractivity contribution in [2.45, 2.75) is 44.0 Å². The molecule has 2 saturated heterocycles. The van der Waals surface area contributed by atoms with Gasteiger partial charge < -0.3 is 20.3 Å². The highest BCUT2D eigenvalue weighted by Crippen LogP contribution is 2.27. The monoisotopic (exact) mass is 558 g/mol. The van der Waals surface area contributed by atoms with Gasteiger partial charge in [-0.3, -0.25) is 9.69 Å². The van der Waals surface area contributed by atoms with Crippen LogP contribution in [0.25, 0.3) is 0 Å². The lowest BCUT2D eigenvalue weighted by molar-refractivity contribution is -0.0498. The summed E-state index contributed by atoms with van der Waals surface area (Å²) in [4.78, 5) is 17.1. The molecule has 0 bridgehead atoms. The molecule has 5 rings (SSSR count). The lowest BCUT2D eigenvalue weighted by Crippen LogP contribution is -2.35. The number of hydrogen-bond donors (Lipinski definition) is 2. The van der Waals surface area contributed by atoms with Crippen molar-refractivity contribution < 1.29 is 18.3 Å². The van der Waals surface area contributed by atoms with Crippen molar-refractivity contribution in [3.63, 3.8) is 0 Å². The molecular weight excluding hydrogens is 530 g/mol. The van der Waals surface area contributed by atoms with Crippen LogP contribution in [0.5, 0.6) is 5.75 Å². The van der Waals surface area contributed by atoms with Gasteiger partial charge in [0, 0.05) is 31.9 Å². The molecule has 2 fully saturated rings. The first-order chi connectivity index (χ1) is 18.5. The largest absolute Gasteiger partial charge is 0.435 e. The molecule has 3 aromatic rings. The fourth-order valence-electron chi connectivity index (χ4n) is 4.64. The summed E-state index contributed by atoms with van der Waals surface area (Å²) in [6, 6.07) is 10.8. The van der Waals surface area contributed by atoms with Crippen LogP contribution >= 0.6 is 11.3 Å². The average Bonchev–Trinajstić information content (AvgIpc) is 3.56. The van der Waals surface area contributed by atoms with Gasteiger partial charge in [0.15, 0.2) is 20.9 Å². The number of nitrogens with zero attached hydrogens (tertiary/aromatic N) is 6. The third-order valence-electron chi connectivity index (χ3n) is 6.52. The molecule has 2 aliphatic rings. The Morgan fingerprint density at radius 3 is 2.61 bits per heavy atom. The number of benzene rings is 1. The number of rotatable bonds is 10. The Balaban J connectivity index is 1.01. The summed E-state index contributed by atoms with van der Waals surface area (Å²) in [5, 5.41) is 24.0. The Labute approximate surface area is 225 Å². The van der Waals surface area contributed by atoms with E-state index in [1.165, 1.54) is 11.3 Å². The van der Waals surface area contributed by atoms with Gasteiger partial charge >= 0.3 is 6.61 Å². The van der Waals surface area contributed by atoms with Crippen LogP contribution in [-0.2, 0) is 6.54 Å². The molecule has 0 saturated carbocycles. The van der Waals surface area contributed by atoms with E-state index in [9.17, 15) is 13.6 Å². The number of likely N-dealkylation sites (tertiary alicyclic amines) is 1. The molecule has 38 heavy (non-hydrogen) atoms. The van der Waals surface area contributed by atoms with Crippen molar-refractivity contribution >= 4 is 42.5 Å². The van der Waals surface area contributed by atoms with E-state index in [0.29, 0.717) is 15.8 Å². The first-order valence-corrected chi connectivity index (χ1v) is 14.4. The molecule has 1 amide bonds. The average molecular weight is 559 g/mol. The van der Waals surface area contributed by atoms with E-state index >= 15 is 0 Å². The molecule has 14 heteroatoms. The van der Waals surface area contributed by atoms with Gasteiger partial charge in [-0.25, -0.2) is 0 Å². The maximum absolute atomic E-state index is 12.6. The second-order valence-electron chi connectivity index (χ2n) is 9.24. The summed E-state index contributed by atoms with van der Waals surface area (Å²) in [7, 11) is 0.165. The number of hydrogen-bond acceptors (Lipinski definition) is 10. The van der Waals surface area contributed by atoms with Crippen molar-refractivity contribution in [3.05, 3.63) is 48.2 Å². The predicted octanol–water partition coefficient (Wildman–Crippen LogP) is 3.94. The first-order valence-electron chi connectivity index (χ1n) is 12.5. The molecule has 10 nitrogen and oxygen atoms in total. The quantitative estimate of drug-likeness (QED) is 0.358. The molecule has 200 valence electrons. The van der Waals surface area contributed by atoms with Crippen LogP contribution < -0.4 is 20.3 Å². The zero-order chi connectivity index (χ0) is 26.3. The molecule has 0 aliphatic carbocycles. The Morgan fingerprint density at radius 1 is 1.08 bits per heavy atom. The third kappa shape index (κ3) is 7.42. The molecule has 4 heterocycles. The van der Waals surface area contributed by atoms with Gasteiger partial charge in [0.1, 0.15) is 5.75 Å². The highest BCUT2D eigenvalue weighted by atomic mass is 32.1. The summed E-state index contributed by atoms with van der Waals surface area (Å²) in [6.07, 6.45) is 4.49. The summed E-state index contributed by atoms with van der Waals surface area (Å²) in [6.45, 7) is 1.40. The number of carbonyl (C=O) groups is 1. The van der Waals surface area contributed by atoms with E-state index in [4.69, 9.17) is 0 Å². The topological polar surface area (TPSA) is 108 Å². The van der Waals surface area contributed by atoms with Crippen LogP contribution in [0.3, 0.4) is 0 Å².